The third-order valence-corrected chi connectivity index (χ3v) is 10.5. The monoisotopic (exact) mass is 692 g/mol. The summed E-state index contributed by atoms with van der Waals surface area (Å²) >= 11 is 0. The molecule has 0 unspecified atom stereocenters. The van der Waals surface area contributed by atoms with Crippen LogP contribution in [0.1, 0.15) is 75.4 Å². The maximum Gasteiger partial charge on any atom is 0.251 e. The van der Waals surface area contributed by atoms with E-state index in [-0.39, 0.29) is 41.4 Å². The molecule has 10 nitrogen and oxygen atoms in total. The molecule has 0 heterocycles. The smallest absolute Gasteiger partial charge is 0.251 e. The van der Waals surface area contributed by atoms with Crippen molar-refractivity contribution in [1.29, 1.82) is 0 Å². The highest BCUT2D eigenvalue weighted by Gasteiger charge is 2.31. The van der Waals surface area contributed by atoms with Crippen molar-refractivity contribution in [2.75, 3.05) is 11.4 Å². The molecule has 3 aromatic carbocycles. The van der Waals surface area contributed by atoms with Gasteiger partial charge in [0.05, 0.1) is 23.6 Å². The molecule has 0 fully saturated rings. The summed E-state index contributed by atoms with van der Waals surface area (Å²) in [4.78, 5) is 39.9. The maximum absolute atomic E-state index is 13.5. The number of amides is 3. The van der Waals surface area contributed by atoms with E-state index in [1.165, 1.54) is 13.1 Å². The van der Waals surface area contributed by atoms with Gasteiger partial charge >= 0.3 is 0 Å². The Bertz CT molecular complexity index is 1620. The first-order valence-corrected chi connectivity index (χ1v) is 18.5. The molecule has 49 heavy (non-hydrogen) atoms. The number of rotatable bonds is 18. The van der Waals surface area contributed by atoms with Crippen LogP contribution in [0.4, 0.5) is 5.69 Å². The number of aliphatic hydroxyl groups excluding tert-OH is 1. The third kappa shape index (κ3) is 12.0. The van der Waals surface area contributed by atoms with Crippen LogP contribution >= 0.6 is 0 Å². The van der Waals surface area contributed by atoms with Gasteiger partial charge in [-0.05, 0) is 54.0 Å². The quantitative estimate of drug-likeness (QED) is 0.147. The SMILES string of the molecule is CC[C@@H](C)[C@H](NC(=O)[C@H](C)C[C@H](O)[C@H](CC(C)C)NC(=O)c1cccc(N(C)S(=O)(=O)Cc2ccccc2)c1)C(=O)NCc1ccccc1. The van der Waals surface area contributed by atoms with Crippen LogP contribution in [0, 0.1) is 17.8 Å². The zero-order valence-corrected chi connectivity index (χ0v) is 30.2. The average Bonchev–Trinajstić information content (AvgIpc) is 3.08. The highest BCUT2D eigenvalue weighted by Crippen LogP contribution is 2.22. The van der Waals surface area contributed by atoms with Gasteiger partial charge < -0.3 is 21.1 Å². The summed E-state index contributed by atoms with van der Waals surface area (Å²) in [6.07, 6.45) is 0.129. The van der Waals surface area contributed by atoms with Crippen LogP contribution < -0.4 is 20.3 Å². The normalized spacial score (nSPS) is 14.6. The van der Waals surface area contributed by atoms with Gasteiger partial charge in [0, 0.05) is 25.1 Å². The first kappa shape index (κ1) is 39.2. The van der Waals surface area contributed by atoms with E-state index in [0.29, 0.717) is 30.6 Å². The molecule has 0 aliphatic heterocycles. The summed E-state index contributed by atoms with van der Waals surface area (Å²) in [6, 6.07) is 23.3. The molecule has 0 radical (unpaired) electrons. The van der Waals surface area contributed by atoms with Crippen LogP contribution in [-0.2, 0) is 31.9 Å². The van der Waals surface area contributed by atoms with Gasteiger partial charge in [0.2, 0.25) is 21.8 Å². The molecule has 11 heteroatoms. The molecule has 266 valence electrons. The molecule has 0 aromatic heterocycles. The van der Waals surface area contributed by atoms with E-state index in [1.807, 2.05) is 64.1 Å². The van der Waals surface area contributed by atoms with Crippen LogP contribution in [0.5, 0.6) is 0 Å². The van der Waals surface area contributed by atoms with E-state index >= 15 is 0 Å². The Morgan fingerprint density at radius 2 is 1.41 bits per heavy atom. The van der Waals surface area contributed by atoms with Crippen molar-refractivity contribution in [2.24, 2.45) is 17.8 Å². The molecule has 0 saturated carbocycles. The second-order valence-corrected chi connectivity index (χ2v) is 15.2. The lowest BCUT2D eigenvalue weighted by Crippen LogP contribution is -2.52. The van der Waals surface area contributed by atoms with Gasteiger partial charge in [0.25, 0.3) is 5.91 Å². The fourth-order valence-electron chi connectivity index (χ4n) is 5.48. The molecule has 3 aromatic rings. The zero-order valence-electron chi connectivity index (χ0n) is 29.4. The van der Waals surface area contributed by atoms with E-state index in [1.54, 1.807) is 49.4 Å². The van der Waals surface area contributed by atoms with Gasteiger partial charge in [-0.2, -0.15) is 0 Å². The number of hydrogen-bond acceptors (Lipinski definition) is 6. The largest absolute Gasteiger partial charge is 0.391 e. The molecular formula is C38H52N4O6S. The highest BCUT2D eigenvalue weighted by atomic mass is 32.2. The Morgan fingerprint density at radius 3 is 2.00 bits per heavy atom. The van der Waals surface area contributed by atoms with E-state index in [2.05, 4.69) is 16.0 Å². The Kier molecular flexibility index (Phi) is 14.8. The standard InChI is InChI=1S/C38H52N4O6S/c1-7-27(4)35(38(46)39-24-29-15-10-8-11-16-29)41-36(44)28(5)22-34(43)33(21-26(2)3)40-37(45)31-19-14-20-32(23-31)42(6)49(47,48)25-30-17-12-9-13-18-30/h8-20,23,26-28,33-35,43H,7,21-22,24-25H2,1-6H3,(H,39,46)(H,40,45)(H,41,44)/t27-,28-,33+,34+,35+/m1/s1. The first-order valence-electron chi connectivity index (χ1n) is 16.9. The number of anilines is 1. The molecule has 0 aliphatic carbocycles. The van der Waals surface area contributed by atoms with Crippen LogP contribution in [0.25, 0.3) is 0 Å². The number of carbonyl (C=O) groups excluding carboxylic acids is 3. The van der Waals surface area contributed by atoms with Gasteiger partial charge in [-0.1, -0.05) is 108 Å². The molecule has 3 amide bonds. The van der Waals surface area contributed by atoms with Crippen LogP contribution in [0.15, 0.2) is 84.9 Å². The van der Waals surface area contributed by atoms with E-state index in [9.17, 15) is 27.9 Å². The minimum atomic E-state index is -3.72. The summed E-state index contributed by atoms with van der Waals surface area (Å²) in [7, 11) is -2.27. The number of aliphatic hydroxyl groups is 1. The van der Waals surface area contributed by atoms with Crippen LogP contribution in [0.3, 0.4) is 0 Å². The minimum Gasteiger partial charge on any atom is -0.391 e. The van der Waals surface area contributed by atoms with Crippen LogP contribution in [0.2, 0.25) is 0 Å². The molecule has 4 N–H and O–H groups in total. The van der Waals surface area contributed by atoms with Crippen molar-refractivity contribution < 1.29 is 27.9 Å². The molecular weight excluding hydrogens is 641 g/mol. The average molecular weight is 693 g/mol. The lowest BCUT2D eigenvalue weighted by molar-refractivity contribution is -0.132. The molecule has 5 atom stereocenters. The maximum atomic E-state index is 13.5. The fraction of sp³-hybridized carbons (Fsp3) is 0.447. The number of carbonyl (C=O) groups is 3. The van der Waals surface area contributed by atoms with Crippen LogP contribution in [-0.4, -0.2) is 56.5 Å². The topological polar surface area (TPSA) is 145 Å². The molecule has 0 spiro atoms. The Labute approximate surface area is 291 Å². The summed E-state index contributed by atoms with van der Waals surface area (Å²) in [5.74, 6) is -1.94. The van der Waals surface area contributed by atoms with Gasteiger partial charge in [0.15, 0.2) is 0 Å². The van der Waals surface area contributed by atoms with E-state index in [4.69, 9.17) is 0 Å². The van der Waals surface area contributed by atoms with E-state index < -0.39 is 40.0 Å². The van der Waals surface area contributed by atoms with Gasteiger partial charge in [-0.25, -0.2) is 8.42 Å². The summed E-state index contributed by atoms with van der Waals surface area (Å²) in [5.41, 5.74) is 2.17. The third-order valence-electron chi connectivity index (χ3n) is 8.73. The molecule has 3 rings (SSSR count). The number of nitrogens with one attached hydrogen (secondary N) is 3. The Hall–Kier alpha value is -4.22. The van der Waals surface area contributed by atoms with Gasteiger partial charge in [-0.3, -0.25) is 18.7 Å². The lowest BCUT2D eigenvalue weighted by Gasteiger charge is -2.29. The highest BCUT2D eigenvalue weighted by molar-refractivity contribution is 7.92. The van der Waals surface area contributed by atoms with Crippen molar-refractivity contribution in [1.82, 2.24) is 16.0 Å². The van der Waals surface area contributed by atoms with Gasteiger partial charge in [-0.15, -0.1) is 0 Å². The van der Waals surface area contributed by atoms with Crippen molar-refractivity contribution in [3.8, 4) is 0 Å². The Morgan fingerprint density at radius 1 is 0.796 bits per heavy atom. The predicted octanol–water partition coefficient (Wildman–Crippen LogP) is 5.03. The zero-order chi connectivity index (χ0) is 36.1. The lowest BCUT2D eigenvalue weighted by atomic mass is 9.91. The number of benzene rings is 3. The second kappa shape index (κ2) is 18.5. The number of nitrogens with zero attached hydrogens (tertiary/aromatic N) is 1. The summed E-state index contributed by atoms with van der Waals surface area (Å²) < 4.78 is 27.4. The van der Waals surface area contributed by atoms with Crippen molar-refractivity contribution in [3.05, 3.63) is 102 Å². The molecule has 0 bridgehead atoms. The van der Waals surface area contributed by atoms with Crippen molar-refractivity contribution in [2.45, 2.75) is 84.4 Å². The van der Waals surface area contributed by atoms with Crippen molar-refractivity contribution in [3.63, 3.8) is 0 Å². The molecule has 0 aliphatic rings. The summed E-state index contributed by atoms with van der Waals surface area (Å²) in [6.45, 7) is 9.85. The van der Waals surface area contributed by atoms with Crippen molar-refractivity contribution >= 4 is 33.4 Å². The van der Waals surface area contributed by atoms with E-state index in [0.717, 1.165) is 9.87 Å². The number of hydrogen-bond donors (Lipinski definition) is 4. The predicted molar refractivity (Wildman–Crippen MR) is 194 cm³/mol. The minimum absolute atomic E-state index is 0.0584. The first-order chi connectivity index (χ1) is 23.2. The number of sulfonamides is 1. The Balaban J connectivity index is 1.66. The summed E-state index contributed by atoms with van der Waals surface area (Å²) in [5, 5.41) is 20.0. The fourth-order valence-corrected chi connectivity index (χ4v) is 6.73. The second-order valence-electron chi connectivity index (χ2n) is 13.2. The molecule has 0 saturated heterocycles. The van der Waals surface area contributed by atoms with Gasteiger partial charge in [0.1, 0.15) is 6.04 Å².